The number of hydrogen-bond acceptors (Lipinski definition) is 3. The van der Waals surface area contributed by atoms with E-state index in [2.05, 4.69) is 15.0 Å². The van der Waals surface area contributed by atoms with Gasteiger partial charge in [-0.05, 0) is 31.5 Å². The van der Waals surface area contributed by atoms with Gasteiger partial charge in [0.25, 0.3) is 0 Å². The van der Waals surface area contributed by atoms with Crippen LogP contribution in [0, 0.1) is 6.92 Å². The lowest BCUT2D eigenvalue weighted by Gasteiger charge is -2.18. The van der Waals surface area contributed by atoms with Crippen molar-refractivity contribution in [3.8, 4) is 5.75 Å². The molecule has 0 saturated heterocycles. The predicted molar refractivity (Wildman–Crippen MR) is 77.3 cm³/mol. The first-order valence-corrected chi connectivity index (χ1v) is 6.75. The van der Waals surface area contributed by atoms with Gasteiger partial charge in [-0.15, -0.1) is 0 Å². The van der Waals surface area contributed by atoms with E-state index >= 15 is 0 Å². The Hall–Kier alpha value is -2.01. The fourth-order valence-electron chi connectivity index (χ4n) is 2.03. The third-order valence-corrected chi connectivity index (χ3v) is 3.19. The van der Waals surface area contributed by atoms with E-state index in [4.69, 9.17) is 0 Å². The second-order valence-corrected chi connectivity index (χ2v) is 4.83. The number of rotatable bonds is 6. The number of hydrogen-bond donors (Lipinski definition) is 1. The molecule has 21 heavy (non-hydrogen) atoms. The lowest BCUT2D eigenvalue weighted by molar-refractivity contribution is -0.0506. The molecule has 1 atom stereocenters. The van der Waals surface area contributed by atoms with Gasteiger partial charge in [-0.2, -0.15) is 8.78 Å². The van der Waals surface area contributed by atoms with Crippen LogP contribution in [0.1, 0.15) is 29.8 Å². The summed E-state index contributed by atoms with van der Waals surface area (Å²) in [4.78, 5) is 4.22. The molecule has 2 rings (SSSR count). The average Bonchev–Trinajstić information content (AvgIpc) is 2.46. The summed E-state index contributed by atoms with van der Waals surface area (Å²) in [5.41, 5.74) is 2.71. The second-order valence-electron chi connectivity index (χ2n) is 4.83. The Labute approximate surface area is 123 Å². The largest absolute Gasteiger partial charge is 0.434 e. The topological polar surface area (TPSA) is 34.1 Å². The van der Waals surface area contributed by atoms with Crippen LogP contribution in [0.25, 0.3) is 0 Å². The minimum Gasteiger partial charge on any atom is -0.434 e. The van der Waals surface area contributed by atoms with Crippen molar-refractivity contribution in [2.75, 3.05) is 0 Å². The molecular formula is C16H18F2N2O. The number of halogens is 2. The van der Waals surface area contributed by atoms with Gasteiger partial charge >= 0.3 is 6.61 Å². The van der Waals surface area contributed by atoms with Gasteiger partial charge in [-0.1, -0.05) is 24.3 Å². The van der Waals surface area contributed by atoms with Crippen LogP contribution >= 0.6 is 0 Å². The number of ether oxygens (including phenoxy) is 1. The van der Waals surface area contributed by atoms with Gasteiger partial charge in [-0.3, -0.25) is 4.98 Å². The maximum absolute atomic E-state index is 12.4. The van der Waals surface area contributed by atoms with Gasteiger partial charge in [0.05, 0.1) is 0 Å². The maximum Gasteiger partial charge on any atom is 0.387 e. The summed E-state index contributed by atoms with van der Waals surface area (Å²) >= 11 is 0. The Balaban J connectivity index is 2.03. The molecule has 0 radical (unpaired) electrons. The van der Waals surface area contributed by atoms with Crippen molar-refractivity contribution in [3.05, 3.63) is 59.4 Å². The lowest BCUT2D eigenvalue weighted by atomic mass is 10.1. The number of benzene rings is 1. The number of nitrogens with zero attached hydrogens (tertiary/aromatic N) is 1. The summed E-state index contributed by atoms with van der Waals surface area (Å²) in [6.07, 6.45) is 1.80. The molecule has 0 aliphatic carbocycles. The van der Waals surface area contributed by atoms with E-state index in [1.54, 1.807) is 30.5 Å². The van der Waals surface area contributed by atoms with Gasteiger partial charge in [-0.25, -0.2) is 0 Å². The van der Waals surface area contributed by atoms with Crippen LogP contribution in [0.2, 0.25) is 0 Å². The first-order valence-electron chi connectivity index (χ1n) is 6.75. The molecule has 0 spiro atoms. The molecule has 0 saturated carbocycles. The molecule has 5 heteroatoms. The van der Waals surface area contributed by atoms with Crippen molar-refractivity contribution in [1.29, 1.82) is 0 Å². The smallest absolute Gasteiger partial charge is 0.387 e. The molecule has 0 amide bonds. The summed E-state index contributed by atoms with van der Waals surface area (Å²) in [5.74, 6) is 0.203. The summed E-state index contributed by atoms with van der Waals surface area (Å²) in [6, 6.07) is 10.6. The summed E-state index contributed by atoms with van der Waals surface area (Å²) in [7, 11) is 0. The van der Waals surface area contributed by atoms with E-state index in [0.717, 1.165) is 11.3 Å². The highest BCUT2D eigenvalue weighted by atomic mass is 19.3. The molecular weight excluding hydrogens is 274 g/mol. The van der Waals surface area contributed by atoms with Crippen molar-refractivity contribution in [3.63, 3.8) is 0 Å². The molecule has 1 unspecified atom stereocenters. The minimum atomic E-state index is -2.82. The van der Waals surface area contributed by atoms with E-state index in [1.165, 1.54) is 0 Å². The van der Waals surface area contributed by atoms with Gasteiger partial charge < -0.3 is 10.1 Å². The van der Waals surface area contributed by atoms with Gasteiger partial charge in [0.1, 0.15) is 5.75 Å². The van der Waals surface area contributed by atoms with E-state index in [-0.39, 0.29) is 11.8 Å². The standard InChI is InChI=1S/C16H18F2N2O/c1-11-7-8-13(9-19-11)10-20-12(2)14-5-3-4-6-15(14)21-16(17)18/h3-9,12,16,20H,10H2,1-2H3. The first-order chi connectivity index (χ1) is 10.1. The van der Waals surface area contributed by atoms with Gasteiger partial charge in [0, 0.05) is 30.0 Å². The molecule has 3 nitrogen and oxygen atoms in total. The normalized spacial score (nSPS) is 12.4. The van der Waals surface area contributed by atoms with Crippen molar-refractivity contribution in [2.24, 2.45) is 0 Å². The average molecular weight is 292 g/mol. The quantitative estimate of drug-likeness (QED) is 0.878. The Bertz CT molecular complexity index is 573. The lowest BCUT2D eigenvalue weighted by Crippen LogP contribution is -2.19. The fraction of sp³-hybridized carbons (Fsp3) is 0.312. The first kappa shape index (κ1) is 15.4. The van der Waals surface area contributed by atoms with Crippen molar-refractivity contribution in [1.82, 2.24) is 10.3 Å². The van der Waals surface area contributed by atoms with Crippen LogP contribution in [0.4, 0.5) is 8.78 Å². The molecule has 0 aliphatic heterocycles. The van der Waals surface area contributed by atoms with E-state index in [1.807, 2.05) is 26.0 Å². The highest BCUT2D eigenvalue weighted by molar-refractivity contribution is 5.35. The zero-order chi connectivity index (χ0) is 15.2. The van der Waals surface area contributed by atoms with Crippen LogP contribution in [-0.2, 0) is 6.54 Å². The molecule has 0 bridgehead atoms. The van der Waals surface area contributed by atoms with Crippen LogP contribution in [0.3, 0.4) is 0 Å². The van der Waals surface area contributed by atoms with E-state index < -0.39 is 6.61 Å². The van der Waals surface area contributed by atoms with Crippen LogP contribution in [-0.4, -0.2) is 11.6 Å². The third kappa shape index (κ3) is 4.49. The van der Waals surface area contributed by atoms with E-state index in [9.17, 15) is 8.78 Å². The van der Waals surface area contributed by atoms with Crippen LogP contribution < -0.4 is 10.1 Å². The molecule has 1 heterocycles. The van der Waals surface area contributed by atoms with Crippen LogP contribution in [0.5, 0.6) is 5.75 Å². The minimum absolute atomic E-state index is 0.110. The molecule has 0 fully saturated rings. The summed E-state index contributed by atoms with van der Waals surface area (Å²) in [6.45, 7) is 1.63. The van der Waals surface area contributed by atoms with E-state index in [0.29, 0.717) is 12.1 Å². The van der Waals surface area contributed by atoms with Crippen molar-refractivity contribution in [2.45, 2.75) is 33.0 Å². The Morgan fingerprint density at radius 1 is 1.19 bits per heavy atom. The maximum atomic E-state index is 12.4. The molecule has 1 aromatic carbocycles. The third-order valence-electron chi connectivity index (χ3n) is 3.19. The van der Waals surface area contributed by atoms with Crippen molar-refractivity contribution < 1.29 is 13.5 Å². The van der Waals surface area contributed by atoms with Gasteiger partial charge in [0.2, 0.25) is 0 Å². The number of pyridine rings is 1. The molecule has 2 aromatic rings. The van der Waals surface area contributed by atoms with Crippen molar-refractivity contribution >= 4 is 0 Å². The monoisotopic (exact) mass is 292 g/mol. The predicted octanol–water partition coefficient (Wildman–Crippen LogP) is 3.84. The molecule has 1 N–H and O–H groups in total. The highest BCUT2D eigenvalue weighted by Gasteiger charge is 2.14. The fourth-order valence-corrected chi connectivity index (χ4v) is 2.03. The Morgan fingerprint density at radius 2 is 1.95 bits per heavy atom. The number of aromatic nitrogens is 1. The molecule has 0 aliphatic rings. The number of aryl methyl sites for hydroxylation is 1. The zero-order valence-electron chi connectivity index (χ0n) is 12.0. The Kier molecular flexibility index (Phi) is 5.22. The SMILES string of the molecule is Cc1ccc(CNC(C)c2ccccc2OC(F)F)cn1. The van der Waals surface area contributed by atoms with Crippen LogP contribution in [0.15, 0.2) is 42.6 Å². The number of para-hydroxylation sites is 1. The zero-order valence-corrected chi connectivity index (χ0v) is 12.0. The number of alkyl halides is 2. The Morgan fingerprint density at radius 3 is 2.62 bits per heavy atom. The second kappa shape index (κ2) is 7.13. The molecule has 1 aromatic heterocycles. The molecule has 112 valence electrons. The summed E-state index contributed by atoms with van der Waals surface area (Å²) < 4.78 is 29.4. The highest BCUT2D eigenvalue weighted by Crippen LogP contribution is 2.26. The summed E-state index contributed by atoms with van der Waals surface area (Å²) in [5, 5.41) is 3.28. The van der Waals surface area contributed by atoms with Gasteiger partial charge in [0.15, 0.2) is 0 Å². The number of nitrogens with one attached hydrogen (secondary N) is 1.